The maximum Gasteiger partial charge on any atom is 0.195 e. The van der Waals surface area contributed by atoms with Gasteiger partial charge in [-0.25, -0.2) is 0 Å². The van der Waals surface area contributed by atoms with Gasteiger partial charge in [-0.3, -0.25) is 4.79 Å². The summed E-state index contributed by atoms with van der Waals surface area (Å²) in [4.78, 5) is 15.9. The van der Waals surface area contributed by atoms with Crippen molar-refractivity contribution in [2.75, 3.05) is 0 Å². The highest BCUT2D eigenvalue weighted by atomic mass is 79.9. The van der Waals surface area contributed by atoms with Gasteiger partial charge in [-0.05, 0) is 46.1 Å². The first-order valence-electron chi connectivity index (χ1n) is 6.70. The highest BCUT2D eigenvalue weighted by Gasteiger charge is 2.16. The standard InChI is InChI=1S/C17H13BrClNO/c1-2-10-4-3-5-12-13(9-20-16(10)12)17(21)11-6-7-14(18)15(19)8-11/h3-9,20H,2H2,1H3. The van der Waals surface area contributed by atoms with E-state index in [1.165, 1.54) is 5.56 Å². The molecular formula is C17H13BrClNO. The number of carbonyl (C=O) groups is 1. The zero-order valence-electron chi connectivity index (χ0n) is 11.4. The molecule has 0 saturated carbocycles. The Kier molecular flexibility index (Phi) is 3.87. The summed E-state index contributed by atoms with van der Waals surface area (Å²) in [6.45, 7) is 2.10. The molecule has 21 heavy (non-hydrogen) atoms. The summed E-state index contributed by atoms with van der Waals surface area (Å²) < 4.78 is 0.785. The number of H-pyrrole nitrogens is 1. The quantitative estimate of drug-likeness (QED) is 0.624. The molecule has 1 aromatic heterocycles. The minimum absolute atomic E-state index is 0.0242. The average Bonchev–Trinajstić information content (AvgIpc) is 2.93. The van der Waals surface area contributed by atoms with Gasteiger partial charge in [-0.1, -0.05) is 36.7 Å². The minimum atomic E-state index is -0.0242. The molecule has 0 fully saturated rings. The van der Waals surface area contributed by atoms with E-state index in [9.17, 15) is 4.79 Å². The Labute approximate surface area is 136 Å². The zero-order chi connectivity index (χ0) is 15.0. The largest absolute Gasteiger partial charge is 0.360 e. The van der Waals surface area contributed by atoms with Crippen molar-refractivity contribution in [3.05, 3.63) is 68.8 Å². The number of hydrogen-bond donors (Lipinski definition) is 1. The van der Waals surface area contributed by atoms with Gasteiger partial charge >= 0.3 is 0 Å². The molecule has 2 aromatic carbocycles. The fourth-order valence-corrected chi connectivity index (χ4v) is 2.92. The molecule has 0 saturated heterocycles. The summed E-state index contributed by atoms with van der Waals surface area (Å²) in [5.41, 5.74) is 3.51. The maximum atomic E-state index is 12.7. The summed E-state index contributed by atoms with van der Waals surface area (Å²) in [7, 11) is 0. The summed E-state index contributed by atoms with van der Waals surface area (Å²) >= 11 is 9.41. The van der Waals surface area contributed by atoms with Crippen molar-refractivity contribution in [1.82, 2.24) is 4.98 Å². The monoisotopic (exact) mass is 361 g/mol. The van der Waals surface area contributed by atoms with E-state index in [1.807, 2.05) is 12.1 Å². The van der Waals surface area contributed by atoms with Crippen molar-refractivity contribution in [3.8, 4) is 0 Å². The second-order valence-electron chi connectivity index (χ2n) is 4.85. The molecule has 0 unspecified atom stereocenters. The third kappa shape index (κ3) is 2.52. The van der Waals surface area contributed by atoms with Crippen molar-refractivity contribution >= 4 is 44.2 Å². The molecule has 0 radical (unpaired) electrons. The van der Waals surface area contributed by atoms with Crippen LogP contribution in [-0.2, 0) is 6.42 Å². The van der Waals surface area contributed by atoms with Crippen LogP contribution in [0.4, 0.5) is 0 Å². The molecule has 1 N–H and O–H groups in total. The van der Waals surface area contributed by atoms with E-state index in [2.05, 4.69) is 33.9 Å². The summed E-state index contributed by atoms with van der Waals surface area (Å²) in [5.74, 6) is -0.0242. The first-order valence-corrected chi connectivity index (χ1v) is 7.87. The topological polar surface area (TPSA) is 32.9 Å². The number of rotatable bonds is 3. The first-order chi connectivity index (χ1) is 10.1. The lowest BCUT2D eigenvalue weighted by molar-refractivity contribution is 0.104. The second kappa shape index (κ2) is 5.66. The fraction of sp³-hybridized carbons (Fsp3) is 0.118. The first kappa shape index (κ1) is 14.4. The van der Waals surface area contributed by atoms with Crippen LogP contribution in [0.5, 0.6) is 0 Å². The highest BCUT2D eigenvalue weighted by molar-refractivity contribution is 9.10. The molecule has 0 bridgehead atoms. The predicted octanol–water partition coefficient (Wildman–Crippen LogP) is 5.38. The number of benzene rings is 2. The van der Waals surface area contributed by atoms with Crippen LogP contribution in [0.2, 0.25) is 5.02 Å². The van der Waals surface area contributed by atoms with Crippen LogP contribution in [0.15, 0.2) is 47.1 Å². The van der Waals surface area contributed by atoms with Gasteiger partial charge < -0.3 is 4.98 Å². The lowest BCUT2D eigenvalue weighted by Gasteiger charge is -2.03. The molecule has 106 valence electrons. The fourth-order valence-electron chi connectivity index (χ4n) is 2.49. The summed E-state index contributed by atoms with van der Waals surface area (Å²) in [6.07, 6.45) is 2.71. The SMILES string of the molecule is CCc1cccc2c(C(=O)c3ccc(Br)c(Cl)c3)c[nH]c12. The lowest BCUT2D eigenvalue weighted by Crippen LogP contribution is -2.00. The van der Waals surface area contributed by atoms with Gasteiger partial charge in [0, 0.05) is 32.7 Å². The summed E-state index contributed by atoms with van der Waals surface area (Å²) in [5, 5.41) is 1.49. The molecule has 0 aliphatic carbocycles. The van der Waals surface area contributed by atoms with Gasteiger partial charge in [-0.15, -0.1) is 0 Å². The lowest BCUT2D eigenvalue weighted by atomic mass is 10.0. The highest BCUT2D eigenvalue weighted by Crippen LogP contribution is 2.27. The Morgan fingerprint density at radius 2 is 2.10 bits per heavy atom. The number of aromatic nitrogens is 1. The number of ketones is 1. The van der Waals surface area contributed by atoms with Crippen LogP contribution in [0.25, 0.3) is 10.9 Å². The Balaban J connectivity index is 2.11. The zero-order valence-corrected chi connectivity index (χ0v) is 13.8. The van der Waals surface area contributed by atoms with E-state index < -0.39 is 0 Å². The number of fused-ring (bicyclic) bond motifs is 1. The van der Waals surface area contributed by atoms with Crippen molar-refractivity contribution in [2.24, 2.45) is 0 Å². The smallest absolute Gasteiger partial charge is 0.195 e. The van der Waals surface area contributed by atoms with E-state index in [-0.39, 0.29) is 5.78 Å². The number of aromatic amines is 1. The number of halogens is 2. The van der Waals surface area contributed by atoms with Gasteiger partial charge in [0.2, 0.25) is 0 Å². The van der Waals surface area contributed by atoms with Crippen LogP contribution in [0.1, 0.15) is 28.4 Å². The maximum absolute atomic E-state index is 12.7. The van der Waals surface area contributed by atoms with Gasteiger partial charge in [0.15, 0.2) is 5.78 Å². The Morgan fingerprint density at radius 3 is 2.81 bits per heavy atom. The minimum Gasteiger partial charge on any atom is -0.360 e. The molecule has 0 aliphatic heterocycles. The molecule has 1 heterocycles. The summed E-state index contributed by atoms with van der Waals surface area (Å²) in [6, 6.07) is 11.3. The van der Waals surface area contributed by atoms with Gasteiger partial charge in [0.05, 0.1) is 5.02 Å². The van der Waals surface area contributed by atoms with Crippen molar-refractivity contribution in [2.45, 2.75) is 13.3 Å². The van der Waals surface area contributed by atoms with Crippen molar-refractivity contribution < 1.29 is 4.79 Å². The molecule has 3 aromatic rings. The van der Waals surface area contributed by atoms with E-state index in [4.69, 9.17) is 11.6 Å². The third-order valence-electron chi connectivity index (χ3n) is 3.61. The van der Waals surface area contributed by atoms with Gasteiger partial charge in [0.1, 0.15) is 0 Å². The molecule has 0 amide bonds. The van der Waals surface area contributed by atoms with Crippen LogP contribution in [0, 0.1) is 0 Å². The number of nitrogens with one attached hydrogen (secondary N) is 1. The van der Waals surface area contributed by atoms with Gasteiger partial charge in [0.25, 0.3) is 0 Å². The number of para-hydroxylation sites is 1. The van der Waals surface area contributed by atoms with Crippen LogP contribution < -0.4 is 0 Å². The number of carbonyl (C=O) groups excluding carboxylic acids is 1. The van der Waals surface area contributed by atoms with Gasteiger partial charge in [-0.2, -0.15) is 0 Å². The van der Waals surface area contributed by atoms with Crippen LogP contribution >= 0.6 is 27.5 Å². The van der Waals surface area contributed by atoms with Crippen molar-refractivity contribution in [3.63, 3.8) is 0 Å². The van der Waals surface area contributed by atoms with Crippen LogP contribution in [0.3, 0.4) is 0 Å². The van der Waals surface area contributed by atoms with Crippen LogP contribution in [-0.4, -0.2) is 10.8 Å². The van der Waals surface area contributed by atoms with E-state index in [0.29, 0.717) is 16.1 Å². The van der Waals surface area contributed by atoms with E-state index in [0.717, 1.165) is 21.8 Å². The molecule has 0 spiro atoms. The molecule has 0 atom stereocenters. The number of hydrogen-bond acceptors (Lipinski definition) is 1. The van der Waals surface area contributed by atoms with E-state index >= 15 is 0 Å². The predicted molar refractivity (Wildman–Crippen MR) is 90.3 cm³/mol. The number of aryl methyl sites for hydroxylation is 1. The average molecular weight is 363 g/mol. The third-order valence-corrected chi connectivity index (χ3v) is 4.84. The molecule has 4 heteroatoms. The Bertz CT molecular complexity index is 838. The molecular weight excluding hydrogens is 350 g/mol. The Hall–Kier alpha value is -1.58. The molecule has 0 aliphatic rings. The Morgan fingerprint density at radius 1 is 1.29 bits per heavy atom. The van der Waals surface area contributed by atoms with Crippen molar-refractivity contribution in [1.29, 1.82) is 0 Å². The van der Waals surface area contributed by atoms with E-state index in [1.54, 1.807) is 24.4 Å². The molecule has 3 rings (SSSR count). The second-order valence-corrected chi connectivity index (χ2v) is 6.12. The molecule has 2 nitrogen and oxygen atoms in total. The normalized spacial score (nSPS) is 11.0.